The molecule has 1 aromatic carbocycles. The van der Waals surface area contributed by atoms with Crippen LogP contribution in [0.3, 0.4) is 0 Å². The number of halogens is 1. The van der Waals surface area contributed by atoms with Gasteiger partial charge in [0.2, 0.25) is 0 Å². The van der Waals surface area contributed by atoms with Crippen molar-refractivity contribution in [1.29, 1.82) is 0 Å². The maximum absolute atomic E-state index is 6.19. The molecular weight excluding hydrogens is 244 g/mol. The van der Waals surface area contributed by atoms with E-state index in [4.69, 9.17) is 11.6 Å². The smallest absolute Gasteiger partial charge is 0.0455 e. The second-order valence-corrected chi connectivity index (χ2v) is 5.87. The summed E-state index contributed by atoms with van der Waals surface area (Å²) in [5.41, 5.74) is 2.50. The van der Waals surface area contributed by atoms with Gasteiger partial charge in [-0.15, -0.1) is 0 Å². The number of rotatable bonds is 3. The van der Waals surface area contributed by atoms with E-state index in [-0.39, 0.29) is 0 Å². The number of anilines is 1. The molecule has 1 fully saturated rings. The van der Waals surface area contributed by atoms with Crippen LogP contribution in [0.2, 0.25) is 5.02 Å². The van der Waals surface area contributed by atoms with Crippen LogP contribution in [0, 0.1) is 6.92 Å². The van der Waals surface area contributed by atoms with Gasteiger partial charge in [0.05, 0.1) is 0 Å². The van der Waals surface area contributed by atoms with Crippen molar-refractivity contribution in [2.75, 3.05) is 18.0 Å². The SMILES string of the molecule is Cc1c(Cl)cccc1N1CCC(NC(C)C)CC1. The Balaban J connectivity index is 1.99. The fraction of sp³-hybridized carbons (Fsp3) is 0.600. The summed E-state index contributed by atoms with van der Waals surface area (Å²) >= 11 is 6.19. The Labute approximate surface area is 115 Å². The maximum atomic E-state index is 6.19. The molecule has 0 radical (unpaired) electrons. The van der Waals surface area contributed by atoms with Crippen LogP contribution < -0.4 is 10.2 Å². The summed E-state index contributed by atoms with van der Waals surface area (Å²) in [7, 11) is 0. The lowest BCUT2D eigenvalue weighted by Crippen LogP contribution is -2.44. The van der Waals surface area contributed by atoms with Crippen LogP contribution in [-0.4, -0.2) is 25.2 Å². The molecule has 0 bridgehead atoms. The molecule has 0 amide bonds. The van der Waals surface area contributed by atoms with Gasteiger partial charge in [0.15, 0.2) is 0 Å². The van der Waals surface area contributed by atoms with Crippen LogP contribution in [0.5, 0.6) is 0 Å². The molecule has 0 aromatic heterocycles. The molecule has 100 valence electrons. The first-order valence-corrected chi connectivity index (χ1v) is 7.22. The lowest BCUT2D eigenvalue weighted by atomic mass is 10.0. The fourth-order valence-electron chi connectivity index (χ4n) is 2.70. The van der Waals surface area contributed by atoms with Crippen molar-refractivity contribution >= 4 is 17.3 Å². The van der Waals surface area contributed by atoms with Gasteiger partial charge in [0, 0.05) is 35.9 Å². The Hall–Kier alpha value is -0.730. The van der Waals surface area contributed by atoms with Gasteiger partial charge in [-0.2, -0.15) is 0 Å². The Bertz CT molecular complexity index is 395. The van der Waals surface area contributed by atoms with Crippen LogP contribution in [0.25, 0.3) is 0 Å². The molecule has 0 atom stereocenters. The van der Waals surface area contributed by atoms with Crippen LogP contribution in [0.1, 0.15) is 32.3 Å². The molecule has 0 saturated carbocycles. The number of hydrogen-bond acceptors (Lipinski definition) is 2. The number of piperidine rings is 1. The summed E-state index contributed by atoms with van der Waals surface area (Å²) in [6.07, 6.45) is 2.42. The number of hydrogen-bond donors (Lipinski definition) is 1. The van der Waals surface area contributed by atoms with E-state index in [0.717, 1.165) is 18.1 Å². The normalized spacial score (nSPS) is 17.5. The molecule has 0 aliphatic carbocycles. The second kappa shape index (κ2) is 5.94. The number of benzene rings is 1. The van der Waals surface area contributed by atoms with Crippen LogP contribution >= 0.6 is 11.6 Å². The minimum atomic E-state index is 0.578. The summed E-state index contributed by atoms with van der Waals surface area (Å²) in [6, 6.07) is 7.43. The predicted molar refractivity (Wildman–Crippen MR) is 79.7 cm³/mol. The van der Waals surface area contributed by atoms with Gasteiger partial charge in [-0.25, -0.2) is 0 Å². The van der Waals surface area contributed by atoms with Crippen LogP contribution in [0.15, 0.2) is 18.2 Å². The molecule has 0 unspecified atom stereocenters. The van der Waals surface area contributed by atoms with Gasteiger partial charge < -0.3 is 10.2 Å². The first kappa shape index (κ1) is 13.7. The number of nitrogens with zero attached hydrogens (tertiary/aromatic N) is 1. The van der Waals surface area contributed by atoms with Gasteiger partial charge in [-0.05, 0) is 37.5 Å². The van der Waals surface area contributed by atoms with Crippen molar-refractivity contribution in [2.45, 2.75) is 45.7 Å². The third kappa shape index (κ3) is 3.18. The molecular formula is C15H23ClN2. The highest BCUT2D eigenvalue weighted by Crippen LogP contribution is 2.28. The van der Waals surface area contributed by atoms with Gasteiger partial charge in [0.25, 0.3) is 0 Å². The van der Waals surface area contributed by atoms with E-state index >= 15 is 0 Å². The van der Waals surface area contributed by atoms with Crippen molar-refractivity contribution in [3.05, 3.63) is 28.8 Å². The molecule has 1 N–H and O–H groups in total. The minimum Gasteiger partial charge on any atom is -0.371 e. The first-order chi connectivity index (χ1) is 8.58. The van der Waals surface area contributed by atoms with E-state index in [2.05, 4.69) is 37.1 Å². The minimum absolute atomic E-state index is 0.578. The average Bonchev–Trinajstić information content (AvgIpc) is 2.33. The van der Waals surface area contributed by atoms with E-state index in [1.54, 1.807) is 0 Å². The highest BCUT2D eigenvalue weighted by molar-refractivity contribution is 6.31. The molecule has 18 heavy (non-hydrogen) atoms. The van der Waals surface area contributed by atoms with E-state index in [1.807, 2.05) is 12.1 Å². The Morgan fingerprint density at radius 1 is 1.28 bits per heavy atom. The lowest BCUT2D eigenvalue weighted by molar-refractivity contribution is 0.387. The van der Waals surface area contributed by atoms with Crippen molar-refractivity contribution in [1.82, 2.24) is 5.32 Å². The zero-order valence-electron chi connectivity index (χ0n) is 11.5. The highest BCUT2D eigenvalue weighted by Gasteiger charge is 2.20. The second-order valence-electron chi connectivity index (χ2n) is 5.47. The zero-order chi connectivity index (χ0) is 13.1. The van der Waals surface area contributed by atoms with Crippen molar-refractivity contribution < 1.29 is 0 Å². The summed E-state index contributed by atoms with van der Waals surface area (Å²) in [6.45, 7) is 8.77. The third-order valence-corrected chi connectivity index (χ3v) is 4.05. The van der Waals surface area contributed by atoms with Gasteiger partial charge in [0.1, 0.15) is 0 Å². The van der Waals surface area contributed by atoms with E-state index in [0.29, 0.717) is 12.1 Å². The lowest BCUT2D eigenvalue weighted by Gasteiger charge is -2.35. The average molecular weight is 267 g/mol. The van der Waals surface area contributed by atoms with E-state index in [9.17, 15) is 0 Å². The van der Waals surface area contributed by atoms with Crippen LogP contribution in [-0.2, 0) is 0 Å². The van der Waals surface area contributed by atoms with Crippen molar-refractivity contribution in [2.24, 2.45) is 0 Å². The molecule has 1 aliphatic rings. The topological polar surface area (TPSA) is 15.3 Å². The largest absolute Gasteiger partial charge is 0.371 e. The molecule has 0 spiro atoms. The summed E-state index contributed by atoms with van der Waals surface area (Å²) in [5, 5.41) is 4.50. The zero-order valence-corrected chi connectivity index (χ0v) is 12.3. The molecule has 1 aromatic rings. The third-order valence-electron chi connectivity index (χ3n) is 3.64. The summed E-state index contributed by atoms with van der Waals surface area (Å²) in [5.74, 6) is 0. The molecule has 2 nitrogen and oxygen atoms in total. The van der Waals surface area contributed by atoms with Gasteiger partial charge in [-0.1, -0.05) is 31.5 Å². The number of nitrogens with one attached hydrogen (secondary N) is 1. The molecule has 1 heterocycles. The molecule has 3 heteroatoms. The molecule has 1 saturated heterocycles. The highest BCUT2D eigenvalue weighted by atomic mass is 35.5. The fourth-order valence-corrected chi connectivity index (χ4v) is 2.87. The summed E-state index contributed by atoms with van der Waals surface area (Å²) in [4.78, 5) is 2.46. The van der Waals surface area contributed by atoms with Crippen LogP contribution in [0.4, 0.5) is 5.69 Å². The summed E-state index contributed by atoms with van der Waals surface area (Å²) < 4.78 is 0. The van der Waals surface area contributed by atoms with Crippen molar-refractivity contribution in [3.8, 4) is 0 Å². The standard InChI is InChI=1S/C15H23ClN2/c1-11(2)17-13-7-9-18(10-8-13)15-6-4-5-14(16)12(15)3/h4-6,11,13,17H,7-10H2,1-3H3. The van der Waals surface area contributed by atoms with Gasteiger partial charge >= 0.3 is 0 Å². The maximum Gasteiger partial charge on any atom is 0.0455 e. The quantitative estimate of drug-likeness (QED) is 0.899. The van der Waals surface area contributed by atoms with Gasteiger partial charge in [-0.3, -0.25) is 0 Å². The Morgan fingerprint density at radius 2 is 1.94 bits per heavy atom. The Kier molecular flexibility index (Phi) is 4.52. The van der Waals surface area contributed by atoms with E-state index < -0.39 is 0 Å². The predicted octanol–water partition coefficient (Wildman–Crippen LogP) is 3.62. The van der Waals surface area contributed by atoms with Crippen molar-refractivity contribution in [3.63, 3.8) is 0 Å². The van der Waals surface area contributed by atoms with E-state index in [1.165, 1.54) is 24.1 Å². The monoisotopic (exact) mass is 266 g/mol. The first-order valence-electron chi connectivity index (χ1n) is 6.84. The Morgan fingerprint density at radius 3 is 2.56 bits per heavy atom. The molecule has 1 aliphatic heterocycles. The molecule has 2 rings (SSSR count).